The molecule has 0 aromatic heterocycles. The van der Waals surface area contributed by atoms with Crippen LogP contribution in [-0.4, -0.2) is 64.6 Å². The van der Waals surface area contributed by atoms with Crippen LogP contribution in [0, 0.1) is 109 Å². The summed E-state index contributed by atoms with van der Waals surface area (Å²) in [5, 5.41) is 14.9. The minimum absolute atomic E-state index is 0.0824. The number of aliphatic hydroxyl groups is 1. The van der Waals surface area contributed by atoms with Crippen LogP contribution in [0.25, 0.3) is 0 Å². The summed E-state index contributed by atoms with van der Waals surface area (Å²) in [5.41, 5.74) is 15.8. The Balaban J connectivity index is 0.851. The lowest BCUT2D eigenvalue weighted by Gasteiger charge is -2.73. The standard InChI is InChI=1S/C81H109N3O5/c1-47-12-7-14-51-37-54-39-60-48(2)36-52-20-22-63-55-38-56-46-84(63)70(52)67(60)58-25-34-79-72(71(85)59-21-23-64(56)83(45-55)69(59)57-43-77(29-5-6-30-77)78(44-57)32-11-31-76(78)27-3-4-28-76)88-74(87)80(79,68(54)58)65(81(79)62-17-8-13-50(16-10-35-82)66(62)73(86)89-81)40-61(51)53-15-9-26-75(42-53)33-24-49(41-75)19-18-47/h8,13,17,37,47-49,53-57,59-61,63-65,67,69,85H,3-7,9-12,14-16,18-36,38-46,82H2,1-2H3. The minimum Gasteiger partial charge on any atom is -0.508 e. The first kappa shape index (κ1) is 56.0. The van der Waals surface area contributed by atoms with Gasteiger partial charge >= 0.3 is 11.9 Å². The fourth-order valence-electron chi connectivity index (χ4n) is 31.3. The molecule has 12 aliphatic carbocycles. The van der Waals surface area contributed by atoms with Gasteiger partial charge in [-0.15, -0.1) is 0 Å². The van der Waals surface area contributed by atoms with E-state index in [1.165, 1.54) is 192 Å². The molecular weight excluding hydrogens is 1090 g/mol. The summed E-state index contributed by atoms with van der Waals surface area (Å²) in [6.45, 7) is 8.10. The van der Waals surface area contributed by atoms with Gasteiger partial charge in [0, 0.05) is 60.2 Å². The summed E-state index contributed by atoms with van der Waals surface area (Å²) in [7, 11) is 0. The van der Waals surface area contributed by atoms with Crippen molar-refractivity contribution in [2.24, 2.45) is 115 Å². The smallest absolute Gasteiger partial charge is 0.339 e. The number of fused-ring (bicyclic) bond motifs is 14. The Hall–Kier alpha value is -3.36. The fourth-order valence-corrected chi connectivity index (χ4v) is 31.3. The maximum Gasteiger partial charge on any atom is 0.339 e. The van der Waals surface area contributed by atoms with Gasteiger partial charge in [0.1, 0.15) is 11.2 Å². The molecule has 7 spiro atoms. The molecule has 0 amide bonds. The third kappa shape index (κ3) is 6.89. The number of aliphatic hydroxyl groups excluding tert-OH is 1. The molecule has 7 aliphatic heterocycles. The van der Waals surface area contributed by atoms with Gasteiger partial charge in [-0.3, -0.25) is 9.69 Å². The normalized spacial score (nSPS) is 49.0. The van der Waals surface area contributed by atoms with E-state index in [-0.39, 0.29) is 35.7 Å². The number of hydrogen-bond donors (Lipinski definition) is 2. The van der Waals surface area contributed by atoms with E-state index in [1.54, 1.807) is 22.4 Å². The minimum atomic E-state index is -1.16. The molecule has 8 heteroatoms. The Morgan fingerprint density at radius 3 is 2.42 bits per heavy atom. The third-order valence-electron chi connectivity index (χ3n) is 33.8. The number of aryl methyl sites for hydroxylation is 1. The predicted octanol–water partition coefficient (Wildman–Crippen LogP) is 17.3. The molecule has 8 nitrogen and oxygen atoms in total. The first-order chi connectivity index (χ1) is 43.4. The Kier molecular flexibility index (Phi) is 12.2. The van der Waals surface area contributed by atoms with E-state index in [1.807, 2.05) is 0 Å². The van der Waals surface area contributed by atoms with Crippen molar-refractivity contribution in [1.29, 1.82) is 0 Å². The molecule has 4 saturated heterocycles. The van der Waals surface area contributed by atoms with Crippen LogP contribution in [0.2, 0.25) is 0 Å². The van der Waals surface area contributed by atoms with E-state index in [0.717, 1.165) is 86.4 Å². The van der Waals surface area contributed by atoms with Gasteiger partial charge in [0.2, 0.25) is 0 Å². The van der Waals surface area contributed by atoms with Crippen molar-refractivity contribution < 1.29 is 24.2 Å². The molecule has 21 unspecified atom stereocenters. The number of nitrogens with two attached hydrogens (primary N) is 1. The van der Waals surface area contributed by atoms with Gasteiger partial charge in [-0.05, 0) is 278 Å². The molecule has 3 N–H and O–H groups in total. The number of carbonyl (C=O) groups is 2. The molecule has 478 valence electrons. The largest absolute Gasteiger partial charge is 0.508 e. The number of nitrogens with zero attached hydrogens (tertiary/aromatic N) is 2. The van der Waals surface area contributed by atoms with E-state index in [9.17, 15) is 5.11 Å². The van der Waals surface area contributed by atoms with Gasteiger partial charge in [0.15, 0.2) is 11.4 Å². The van der Waals surface area contributed by atoms with E-state index in [2.05, 4.69) is 47.9 Å². The highest BCUT2D eigenvalue weighted by molar-refractivity contribution is 6.00. The van der Waals surface area contributed by atoms with Crippen LogP contribution in [0.5, 0.6) is 0 Å². The summed E-state index contributed by atoms with van der Waals surface area (Å²) in [5.74, 6) is 5.87. The van der Waals surface area contributed by atoms with Crippen LogP contribution in [-0.2, 0) is 26.3 Å². The Morgan fingerprint density at radius 2 is 1.55 bits per heavy atom. The molecule has 21 atom stereocenters. The number of hydrogen-bond acceptors (Lipinski definition) is 8. The van der Waals surface area contributed by atoms with E-state index >= 15 is 9.59 Å². The third-order valence-corrected chi connectivity index (χ3v) is 33.8. The van der Waals surface area contributed by atoms with Gasteiger partial charge < -0.3 is 25.2 Å². The van der Waals surface area contributed by atoms with Crippen LogP contribution in [0.1, 0.15) is 266 Å². The number of allylic oxidation sites excluding steroid dienone is 4. The molecular formula is C81H109N3O5. The lowest BCUT2D eigenvalue weighted by atomic mass is 9.27. The predicted molar refractivity (Wildman–Crippen MR) is 346 cm³/mol. The second-order valence-corrected chi connectivity index (χ2v) is 36.5. The van der Waals surface area contributed by atoms with Crippen molar-refractivity contribution in [2.45, 2.75) is 275 Å². The van der Waals surface area contributed by atoms with Crippen LogP contribution in [0.15, 0.2) is 63.8 Å². The number of esters is 2. The topological polar surface area (TPSA) is 105 Å². The molecule has 8 saturated carbocycles. The van der Waals surface area contributed by atoms with Crippen molar-refractivity contribution in [3.8, 4) is 0 Å². The number of piperidine rings is 3. The van der Waals surface area contributed by atoms with Gasteiger partial charge in [-0.2, -0.15) is 0 Å². The van der Waals surface area contributed by atoms with Crippen molar-refractivity contribution in [1.82, 2.24) is 9.80 Å². The maximum atomic E-state index is 17.5. The highest BCUT2D eigenvalue weighted by atomic mass is 16.6. The molecule has 1 aromatic rings. The molecule has 12 fully saturated rings. The van der Waals surface area contributed by atoms with Gasteiger partial charge in [-0.25, -0.2) is 4.79 Å². The maximum absolute atomic E-state index is 17.5. The second-order valence-electron chi connectivity index (χ2n) is 36.5. The fraction of sp³-hybridized carbons (Fsp3) is 0.802. The summed E-state index contributed by atoms with van der Waals surface area (Å²) < 4.78 is 15.6. The monoisotopic (exact) mass is 1200 g/mol. The summed E-state index contributed by atoms with van der Waals surface area (Å²) in [6, 6.07) is 7.96. The van der Waals surface area contributed by atoms with Crippen LogP contribution < -0.4 is 5.73 Å². The Bertz CT molecular complexity index is 3310. The lowest BCUT2D eigenvalue weighted by molar-refractivity contribution is -0.283. The molecule has 7 heterocycles. The highest BCUT2D eigenvalue weighted by Gasteiger charge is 2.94. The van der Waals surface area contributed by atoms with Crippen LogP contribution in [0.4, 0.5) is 0 Å². The average molecular weight is 1200 g/mol. The van der Waals surface area contributed by atoms with Crippen LogP contribution >= 0.6 is 0 Å². The Morgan fingerprint density at radius 1 is 0.708 bits per heavy atom. The van der Waals surface area contributed by atoms with Crippen LogP contribution in [0.3, 0.4) is 0 Å². The number of benzene rings is 1. The number of rotatable bonds is 4. The lowest BCUT2D eigenvalue weighted by Crippen LogP contribution is -2.78. The van der Waals surface area contributed by atoms with Crippen molar-refractivity contribution in [3.05, 3.63) is 80.5 Å². The molecule has 1 aromatic carbocycles. The van der Waals surface area contributed by atoms with Crippen molar-refractivity contribution in [2.75, 3.05) is 19.6 Å². The summed E-state index contributed by atoms with van der Waals surface area (Å²) in [6.07, 6.45) is 49.0. The average Bonchev–Trinajstić information content (AvgIpc) is 1.54. The SMILES string of the molecule is CC1CCCC2=CC3CC4C(C)CC5=C6C4C4=C3C37C(=O)OC(=C(O)C8CCC9C%10CC(CN9C8C8CC9(CCCC9)C9(CCCC9%11CCCC%11)C8)C(CC5)N6C%10)C3(CC4)C3(OC(=O)c4c(CCCN)cccc43)C7CC2C2CCCC3(CCC(CC1)C3)C2. The van der Waals surface area contributed by atoms with Gasteiger partial charge in [-0.1, -0.05) is 113 Å². The molecule has 89 heavy (non-hydrogen) atoms. The van der Waals surface area contributed by atoms with Gasteiger partial charge in [0.05, 0.1) is 11.0 Å². The number of carbonyl (C=O) groups excluding carboxylic acids is 2. The van der Waals surface area contributed by atoms with E-state index < -0.39 is 16.4 Å². The molecule has 20 rings (SSSR count). The Labute approximate surface area is 533 Å². The zero-order chi connectivity index (χ0) is 59.3. The quantitative estimate of drug-likeness (QED) is 0.227. The first-order valence-corrected chi connectivity index (χ1v) is 38.8. The van der Waals surface area contributed by atoms with Crippen molar-refractivity contribution >= 4 is 11.9 Å². The van der Waals surface area contributed by atoms with Crippen molar-refractivity contribution in [3.63, 3.8) is 0 Å². The molecule has 10 bridgehead atoms. The molecule has 19 aliphatic rings. The van der Waals surface area contributed by atoms with Gasteiger partial charge in [0.25, 0.3) is 0 Å². The van der Waals surface area contributed by atoms with E-state index in [0.29, 0.717) is 106 Å². The molecule has 0 radical (unpaired) electrons. The summed E-state index contributed by atoms with van der Waals surface area (Å²) in [4.78, 5) is 39.9. The number of ether oxygens (including phenoxy) is 2. The summed E-state index contributed by atoms with van der Waals surface area (Å²) >= 11 is 0. The van der Waals surface area contributed by atoms with E-state index in [4.69, 9.17) is 15.2 Å². The second kappa shape index (κ2) is 19.4. The highest BCUT2D eigenvalue weighted by Crippen LogP contribution is 2.89. The zero-order valence-electron chi connectivity index (χ0n) is 54.9. The first-order valence-electron chi connectivity index (χ1n) is 38.8. The zero-order valence-corrected chi connectivity index (χ0v) is 54.9.